The Kier molecular flexibility index (Phi) is 4.32. The van der Waals surface area contributed by atoms with E-state index in [1.807, 2.05) is 4.98 Å². The van der Waals surface area contributed by atoms with Crippen LogP contribution in [-0.4, -0.2) is 42.0 Å². The molecule has 9 nitrogen and oxygen atoms in total. The Hall–Kier alpha value is -2.18. The van der Waals surface area contributed by atoms with Gasteiger partial charge in [-0.05, 0) is 6.07 Å². The van der Waals surface area contributed by atoms with Gasteiger partial charge < -0.3 is 5.73 Å². The van der Waals surface area contributed by atoms with E-state index in [1.165, 1.54) is 7.05 Å². The zero-order valence-electron chi connectivity index (χ0n) is 11.8. The van der Waals surface area contributed by atoms with Crippen LogP contribution in [0.3, 0.4) is 0 Å². The summed E-state index contributed by atoms with van der Waals surface area (Å²) in [5.41, 5.74) is 3.24. The second kappa shape index (κ2) is 5.79. The van der Waals surface area contributed by atoms with E-state index in [2.05, 4.69) is 4.98 Å². The second-order valence-electron chi connectivity index (χ2n) is 4.75. The quantitative estimate of drug-likeness (QED) is 0.600. The summed E-state index contributed by atoms with van der Waals surface area (Å²) in [7, 11) is -2.99. The van der Waals surface area contributed by atoms with Crippen LogP contribution in [0.5, 0.6) is 0 Å². The van der Waals surface area contributed by atoms with Crippen LogP contribution in [0.1, 0.15) is 0 Å². The van der Waals surface area contributed by atoms with Crippen LogP contribution in [0, 0.1) is 0 Å². The van der Waals surface area contributed by atoms with Crippen molar-refractivity contribution >= 4 is 21.1 Å². The van der Waals surface area contributed by atoms with Crippen molar-refractivity contribution in [2.45, 2.75) is 10.8 Å². The molecule has 0 unspecified atom stereocenters. The van der Waals surface area contributed by atoms with Gasteiger partial charge in [-0.15, -0.1) is 0 Å². The first-order valence-electron chi connectivity index (χ1n) is 6.24. The van der Waals surface area contributed by atoms with Crippen LogP contribution in [0.2, 0.25) is 0 Å². The number of pyridine rings is 1. The van der Waals surface area contributed by atoms with Gasteiger partial charge in [-0.1, -0.05) is 0 Å². The molecule has 126 valence electrons. The number of rotatable bonds is 5. The monoisotopic (exact) mass is 349 g/mol. The summed E-state index contributed by atoms with van der Waals surface area (Å²) >= 11 is 0. The molecular weight excluding hydrogens is 336 g/mol. The maximum Gasteiger partial charge on any atom is 0.329 e. The normalized spacial score (nSPS) is 12.7. The number of nitrogens with two attached hydrogens (primary N) is 1. The first kappa shape index (κ1) is 17.2. The van der Waals surface area contributed by atoms with E-state index in [-0.39, 0.29) is 11.0 Å². The number of nitrogens with zero attached hydrogens (tertiary/aromatic N) is 2. The fourth-order valence-electron chi connectivity index (χ4n) is 1.72. The number of hydrogen-bond acceptors (Lipinski definition) is 6. The Balaban J connectivity index is 2.49. The number of fused-ring (bicyclic) bond motifs is 1. The van der Waals surface area contributed by atoms with Crippen molar-refractivity contribution in [2.24, 2.45) is 12.8 Å². The van der Waals surface area contributed by atoms with E-state index in [0.717, 1.165) is 16.8 Å². The number of aryl methyl sites for hydroxylation is 1. The van der Waals surface area contributed by atoms with Gasteiger partial charge in [0.1, 0.15) is 10.5 Å². The largest absolute Gasteiger partial charge is 0.329 e. The number of sulfonamides is 1. The third kappa shape index (κ3) is 3.43. The number of aromatic amines is 1. The summed E-state index contributed by atoms with van der Waals surface area (Å²) in [5.74, 6) is -3.40. The molecule has 0 fully saturated rings. The summed E-state index contributed by atoms with van der Waals surface area (Å²) in [6.07, 6.45) is 0.865. The highest BCUT2D eigenvalue weighted by molar-refractivity contribution is 7.89. The standard InChI is InChI=1S/C11H13F2N5O4S/c1-18-8-7(9(19)17-10(18)20)2-6(3-15-8)23(21,22)16-5-11(12,13)4-14/h2-3,16H,4-5,14H2,1H3,(H,17,19,20). The molecule has 0 spiro atoms. The summed E-state index contributed by atoms with van der Waals surface area (Å²) in [5, 5.41) is -0.166. The zero-order valence-corrected chi connectivity index (χ0v) is 12.7. The molecule has 0 amide bonds. The third-order valence-corrected chi connectivity index (χ3v) is 4.43. The number of alkyl halides is 2. The van der Waals surface area contributed by atoms with Crippen molar-refractivity contribution in [3.63, 3.8) is 0 Å². The lowest BCUT2D eigenvalue weighted by molar-refractivity contribution is 0.0170. The van der Waals surface area contributed by atoms with Gasteiger partial charge in [-0.25, -0.2) is 31.7 Å². The predicted molar refractivity (Wildman–Crippen MR) is 76.8 cm³/mol. The first-order valence-corrected chi connectivity index (χ1v) is 7.72. The van der Waals surface area contributed by atoms with Gasteiger partial charge in [0, 0.05) is 13.2 Å². The average molecular weight is 349 g/mol. The van der Waals surface area contributed by atoms with Crippen molar-refractivity contribution < 1.29 is 17.2 Å². The van der Waals surface area contributed by atoms with Crippen molar-refractivity contribution in [3.8, 4) is 0 Å². The predicted octanol–water partition coefficient (Wildman–Crippen LogP) is -1.51. The SMILES string of the molecule is Cn1c(=O)[nH]c(=O)c2cc(S(=O)(=O)NCC(F)(F)CN)cnc21. The topological polar surface area (TPSA) is 140 Å². The molecule has 23 heavy (non-hydrogen) atoms. The van der Waals surface area contributed by atoms with Gasteiger partial charge >= 0.3 is 5.69 Å². The molecule has 0 aliphatic heterocycles. The molecule has 2 rings (SSSR count). The number of halogens is 2. The molecule has 0 aromatic carbocycles. The van der Waals surface area contributed by atoms with Gasteiger partial charge in [0.25, 0.3) is 11.5 Å². The minimum atomic E-state index is -4.32. The number of aromatic nitrogens is 3. The summed E-state index contributed by atoms with van der Waals surface area (Å²) in [6.45, 7) is -2.21. The average Bonchev–Trinajstić information content (AvgIpc) is 2.50. The summed E-state index contributed by atoms with van der Waals surface area (Å²) in [4.78, 5) is 28.4. The molecule has 0 saturated carbocycles. The minimum absolute atomic E-state index is 0.0370. The molecule has 12 heteroatoms. The van der Waals surface area contributed by atoms with E-state index >= 15 is 0 Å². The summed E-state index contributed by atoms with van der Waals surface area (Å²) < 4.78 is 52.8. The van der Waals surface area contributed by atoms with Gasteiger partial charge in [0.2, 0.25) is 10.0 Å². The lowest BCUT2D eigenvalue weighted by atomic mass is 10.3. The molecule has 2 aromatic rings. The molecule has 2 heterocycles. The van der Waals surface area contributed by atoms with Gasteiger partial charge in [0.15, 0.2) is 0 Å². The number of H-pyrrole nitrogens is 1. The fraction of sp³-hybridized carbons (Fsp3) is 0.364. The lowest BCUT2D eigenvalue weighted by Crippen LogP contribution is -2.41. The molecule has 4 N–H and O–H groups in total. The van der Waals surface area contributed by atoms with Crippen LogP contribution in [0.4, 0.5) is 8.78 Å². The van der Waals surface area contributed by atoms with Crippen molar-refractivity contribution in [2.75, 3.05) is 13.1 Å². The third-order valence-electron chi connectivity index (χ3n) is 3.06. The van der Waals surface area contributed by atoms with Crippen LogP contribution >= 0.6 is 0 Å². The second-order valence-corrected chi connectivity index (χ2v) is 6.51. The van der Waals surface area contributed by atoms with Crippen LogP contribution in [-0.2, 0) is 17.1 Å². The highest BCUT2D eigenvalue weighted by Gasteiger charge is 2.29. The Morgan fingerprint density at radius 2 is 2.09 bits per heavy atom. The van der Waals surface area contributed by atoms with E-state index < -0.39 is 45.2 Å². The highest BCUT2D eigenvalue weighted by atomic mass is 32.2. The molecule has 0 saturated heterocycles. The molecule has 2 aromatic heterocycles. The van der Waals surface area contributed by atoms with E-state index in [4.69, 9.17) is 5.73 Å². The van der Waals surface area contributed by atoms with Gasteiger partial charge in [0.05, 0.1) is 18.5 Å². The lowest BCUT2D eigenvalue weighted by Gasteiger charge is -2.14. The van der Waals surface area contributed by atoms with Crippen LogP contribution in [0.25, 0.3) is 11.0 Å². The highest BCUT2D eigenvalue weighted by Crippen LogP contribution is 2.14. The maximum absolute atomic E-state index is 13.1. The number of hydrogen-bond donors (Lipinski definition) is 3. The Morgan fingerprint density at radius 1 is 1.43 bits per heavy atom. The Bertz CT molecular complexity index is 967. The maximum atomic E-state index is 13.1. The molecular formula is C11H13F2N5O4S. The molecule has 0 atom stereocenters. The minimum Gasteiger partial charge on any atom is -0.325 e. The molecule has 0 aliphatic carbocycles. The Labute approximate surface area is 128 Å². The van der Waals surface area contributed by atoms with Crippen molar-refractivity contribution in [3.05, 3.63) is 33.1 Å². The number of nitrogens with one attached hydrogen (secondary N) is 2. The summed E-state index contributed by atoms with van der Waals surface area (Å²) in [6, 6.07) is 0.948. The van der Waals surface area contributed by atoms with Gasteiger partial charge in [-0.2, -0.15) is 0 Å². The molecule has 0 aliphatic rings. The molecule has 0 bridgehead atoms. The van der Waals surface area contributed by atoms with E-state index in [9.17, 15) is 26.8 Å². The van der Waals surface area contributed by atoms with Crippen LogP contribution in [0.15, 0.2) is 26.7 Å². The zero-order chi connectivity index (χ0) is 17.4. The smallest absolute Gasteiger partial charge is 0.325 e. The van der Waals surface area contributed by atoms with E-state index in [0.29, 0.717) is 0 Å². The van der Waals surface area contributed by atoms with Crippen molar-refractivity contribution in [1.82, 2.24) is 19.3 Å². The van der Waals surface area contributed by atoms with Crippen LogP contribution < -0.4 is 21.7 Å². The fourth-order valence-corrected chi connectivity index (χ4v) is 2.75. The first-order chi connectivity index (χ1) is 10.6. The van der Waals surface area contributed by atoms with Gasteiger partial charge in [-0.3, -0.25) is 14.3 Å². The van der Waals surface area contributed by atoms with E-state index in [1.54, 1.807) is 4.72 Å². The van der Waals surface area contributed by atoms with Crippen molar-refractivity contribution in [1.29, 1.82) is 0 Å². The Morgan fingerprint density at radius 3 is 2.70 bits per heavy atom. The molecule has 0 radical (unpaired) electrons.